The Kier molecular flexibility index (Phi) is 3.03. The maximum atomic E-state index is 5.99. The summed E-state index contributed by atoms with van der Waals surface area (Å²) in [7, 11) is 0. The van der Waals surface area contributed by atoms with Gasteiger partial charge in [-0.25, -0.2) is 0 Å². The van der Waals surface area contributed by atoms with Gasteiger partial charge in [-0.05, 0) is 61.4 Å². The minimum atomic E-state index is 0.709. The molecule has 0 amide bonds. The van der Waals surface area contributed by atoms with Crippen molar-refractivity contribution in [3.05, 3.63) is 59.8 Å². The number of nitrogen functional groups attached to an aromatic ring is 1. The Morgan fingerprint density at radius 3 is 2.50 bits per heavy atom. The van der Waals surface area contributed by atoms with E-state index in [2.05, 4.69) is 24.9 Å². The minimum absolute atomic E-state index is 0.709. The lowest BCUT2D eigenvalue weighted by atomic mass is 10.1. The fourth-order valence-electron chi connectivity index (χ4n) is 2.37. The van der Waals surface area contributed by atoms with Crippen LogP contribution < -0.4 is 10.5 Å². The second-order valence-electron chi connectivity index (χ2n) is 4.98. The largest absolute Gasteiger partial charge is 0.455 e. The number of anilines is 1. The molecule has 100 valence electrons. The number of pyridine rings is 1. The Labute approximate surface area is 118 Å². The number of rotatable bonds is 2. The molecule has 0 aliphatic rings. The van der Waals surface area contributed by atoms with Gasteiger partial charge in [0.05, 0.1) is 0 Å². The van der Waals surface area contributed by atoms with Gasteiger partial charge in [0, 0.05) is 17.3 Å². The lowest BCUT2D eigenvalue weighted by Crippen LogP contribution is -1.93. The van der Waals surface area contributed by atoms with Crippen LogP contribution in [-0.4, -0.2) is 4.98 Å². The van der Waals surface area contributed by atoms with E-state index in [1.54, 1.807) is 6.20 Å². The van der Waals surface area contributed by atoms with E-state index < -0.39 is 0 Å². The first-order chi connectivity index (χ1) is 9.63. The van der Waals surface area contributed by atoms with Gasteiger partial charge in [-0.2, -0.15) is 0 Å². The lowest BCUT2D eigenvalue weighted by Gasteiger charge is -2.11. The van der Waals surface area contributed by atoms with E-state index in [9.17, 15) is 0 Å². The topological polar surface area (TPSA) is 48.1 Å². The molecule has 3 aromatic rings. The van der Waals surface area contributed by atoms with Crippen LogP contribution in [0.5, 0.6) is 11.5 Å². The molecule has 2 N–H and O–H groups in total. The van der Waals surface area contributed by atoms with Gasteiger partial charge in [-0.15, -0.1) is 0 Å². The molecule has 1 aromatic heterocycles. The molecule has 0 radical (unpaired) electrons. The third kappa shape index (κ3) is 2.30. The van der Waals surface area contributed by atoms with Crippen LogP contribution in [0.2, 0.25) is 0 Å². The van der Waals surface area contributed by atoms with Crippen LogP contribution in [0.1, 0.15) is 11.1 Å². The third-order valence-corrected chi connectivity index (χ3v) is 3.19. The van der Waals surface area contributed by atoms with Gasteiger partial charge in [-0.1, -0.05) is 6.07 Å². The van der Waals surface area contributed by atoms with Crippen LogP contribution in [0.25, 0.3) is 10.9 Å². The Balaban J connectivity index is 2.09. The summed E-state index contributed by atoms with van der Waals surface area (Å²) in [5.74, 6) is 1.54. The SMILES string of the molecule is Cc1cc(C)cc(Oc2ccc(N)c3cccnc23)c1. The van der Waals surface area contributed by atoms with Crippen molar-refractivity contribution in [3.8, 4) is 11.5 Å². The van der Waals surface area contributed by atoms with Gasteiger partial charge < -0.3 is 10.5 Å². The quantitative estimate of drug-likeness (QED) is 0.705. The number of nitrogens with zero attached hydrogens (tertiary/aromatic N) is 1. The van der Waals surface area contributed by atoms with E-state index in [1.165, 1.54) is 11.1 Å². The molecule has 3 nitrogen and oxygen atoms in total. The number of hydrogen-bond acceptors (Lipinski definition) is 3. The predicted octanol–water partition coefficient (Wildman–Crippen LogP) is 4.23. The summed E-state index contributed by atoms with van der Waals surface area (Å²) in [6.45, 7) is 4.11. The number of nitrogens with two attached hydrogens (primary N) is 1. The monoisotopic (exact) mass is 264 g/mol. The average molecular weight is 264 g/mol. The van der Waals surface area contributed by atoms with Crippen molar-refractivity contribution in [3.63, 3.8) is 0 Å². The number of aromatic nitrogens is 1. The zero-order chi connectivity index (χ0) is 14.1. The standard InChI is InChI=1S/C17H16N2O/c1-11-8-12(2)10-13(9-11)20-16-6-5-15(18)14-4-3-7-19-17(14)16/h3-10H,18H2,1-2H3. The minimum Gasteiger partial charge on any atom is -0.455 e. The van der Waals surface area contributed by atoms with Crippen molar-refractivity contribution in [1.82, 2.24) is 4.98 Å². The Morgan fingerprint density at radius 1 is 1.00 bits per heavy atom. The van der Waals surface area contributed by atoms with Gasteiger partial charge in [-0.3, -0.25) is 4.98 Å². The fraction of sp³-hybridized carbons (Fsp3) is 0.118. The molecule has 0 fully saturated rings. The normalized spacial score (nSPS) is 10.7. The number of ether oxygens (including phenoxy) is 1. The molecule has 0 atom stereocenters. The van der Waals surface area contributed by atoms with Gasteiger partial charge in [0.2, 0.25) is 0 Å². The first kappa shape index (κ1) is 12.5. The molecular formula is C17H16N2O. The van der Waals surface area contributed by atoms with Gasteiger partial charge in [0.25, 0.3) is 0 Å². The van der Waals surface area contributed by atoms with Crippen molar-refractivity contribution >= 4 is 16.6 Å². The first-order valence-electron chi connectivity index (χ1n) is 6.53. The predicted molar refractivity (Wildman–Crippen MR) is 82.1 cm³/mol. The lowest BCUT2D eigenvalue weighted by molar-refractivity contribution is 0.486. The van der Waals surface area contributed by atoms with E-state index in [1.807, 2.05) is 36.4 Å². The summed E-state index contributed by atoms with van der Waals surface area (Å²) in [6.07, 6.45) is 1.75. The highest BCUT2D eigenvalue weighted by molar-refractivity contribution is 5.94. The molecule has 0 aliphatic heterocycles. The van der Waals surface area contributed by atoms with Crippen molar-refractivity contribution in [2.75, 3.05) is 5.73 Å². The average Bonchev–Trinajstić information content (AvgIpc) is 2.41. The summed E-state index contributed by atoms with van der Waals surface area (Å²) in [6, 6.07) is 13.7. The molecule has 2 aromatic carbocycles. The molecule has 3 heteroatoms. The van der Waals surface area contributed by atoms with Crippen LogP contribution in [0.15, 0.2) is 48.7 Å². The fourth-order valence-corrected chi connectivity index (χ4v) is 2.37. The summed E-state index contributed by atoms with van der Waals surface area (Å²) >= 11 is 0. The number of benzene rings is 2. The molecule has 3 rings (SSSR count). The highest BCUT2D eigenvalue weighted by Crippen LogP contribution is 2.32. The van der Waals surface area contributed by atoms with Gasteiger partial charge >= 0.3 is 0 Å². The number of fused-ring (bicyclic) bond motifs is 1. The van der Waals surface area contributed by atoms with E-state index in [-0.39, 0.29) is 0 Å². The number of aryl methyl sites for hydroxylation is 2. The summed E-state index contributed by atoms with van der Waals surface area (Å²) in [5.41, 5.74) is 9.81. The van der Waals surface area contributed by atoms with E-state index in [0.29, 0.717) is 5.69 Å². The maximum absolute atomic E-state index is 5.99. The molecule has 0 spiro atoms. The summed E-state index contributed by atoms with van der Waals surface area (Å²) < 4.78 is 5.99. The summed E-state index contributed by atoms with van der Waals surface area (Å²) in [5, 5.41) is 0.911. The zero-order valence-corrected chi connectivity index (χ0v) is 11.6. The van der Waals surface area contributed by atoms with Crippen molar-refractivity contribution in [1.29, 1.82) is 0 Å². The second-order valence-corrected chi connectivity index (χ2v) is 4.98. The van der Waals surface area contributed by atoms with Crippen LogP contribution in [0, 0.1) is 13.8 Å². The van der Waals surface area contributed by atoms with Crippen molar-refractivity contribution < 1.29 is 4.74 Å². The Morgan fingerprint density at radius 2 is 1.75 bits per heavy atom. The van der Waals surface area contributed by atoms with Gasteiger partial charge in [0.15, 0.2) is 5.75 Å². The van der Waals surface area contributed by atoms with Crippen molar-refractivity contribution in [2.45, 2.75) is 13.8 Å². The second kappa shape index (κ2) is 4.85. The third-order valence-electron chi connectivity index (χ3n) is 3.19. The van der Waals surface area contributed by atoms with Crippen LogP contribution >= 0.6 is 0 Å². The molecule has 0 aliphatic carbocycles. The van der Waals surface area contributed by atoms with Gasteiger partial charge in [0.1, 0.15) is 11.3 Å². The van der Waals surface area contributed by atoms with Crippen molar-refractivity contribution in [2.24, 2.45) is 0 Å². The van der Waals surface area contributed by atoms with E-state index >= 15 is 0 Å². The molecule has 1 heterocycles. The molecule has 0 saturated heterocycles. The number of hydrogen-bond donors (Lipinski definition) is 1. The highest BCUT2D eigenvalue weighted by atomic mass is 16.5. The zero-order valence-electron chi connectivity index (χ0n) is 11.6. The first-order valence-corrected chi connectivity index (χ1v) is 6.53. The van der Waals surface area contributed by atoms with Crippen LogP contribution in [0.3, 0.4) is 0 Å². The maximum Gasteiger partial charge on any atom is 0.153 e. The van der Waals surface area contributed by atoms with Crippen LogP contribution in [0.4, 0.5) is 5.69 Å². The molecule has 0 unspecified atom stereocenters. The molecule has 20 heavy (non-hydrogen) atoms. The van der Waals surface area contributed by atoms with E-state index in [4.69, 9.17) is 10.5 Å². The van der Waals surface area contributed by atoms with E-state index in [0.717, 1.165) is 22.4 Å². The highest BCUT2D eigenvalue weighted by Gasteiger charge is 2.07. The summed E-state index contributed by atoms with van der Waals surface area (Å²) in [4.78, 5) is 4.38. The Bertz CT molecular complexity index is 761. The molecule has 0 saturated carbocycles. The molecular weight excluding hydrogens is 248 g/mol. The smallest absolute Gasteiger partial charge is 0.153 e. The Hall–Kier alpha value is -2.55. The molecule has 0 bridgehead atoms. The van der Waals surface area contributed by atoms with Crippen LogP contribution in [-0.2, 0) is 0 Å².